The van der Waals surface area contributed by atoms with Crippen LogP contribution in [0.2, 0.25) is 5.02 Å². The van der Waals surface area contributed by atoms with E-state index in [4.69, 9.17) is 11.6 Å². The van der Waals surface area contributed by atoms with E-state index in [0.29, 0.717) is 18.1 Å². The van der Waals surface area contributed by atoms with Crippen molar-refractivity contribution >= 4 is 29.5 Å². The van der Waals surface area contributed by atoms with E-state index in [1.807, 2.05) is 85.9 Å². The normalized spacial score (nSPS) is 19.2. The molecule has 1 aliphatic rings. The van der Waals surface area contributed by atoms with Crippen molar-refractivity contribution in [3.8, 4) is 0 Å². The van der Waals surface area contributed by atoms with Crippen LogP contribution in [-0.2, 0) is 4.79 Å². The molecule has 0 aromatic heterocycles. The molecule has 2 aromatic rings. The number of carbonyl (C=O) groups excluding carboxylic acids is 1. The Morgan fingerprint density at radius 1 is 0.920 bits per heavy atom. The molecule has 0 N–H and O–H groups in total. The number of allylic oxidation sites excluding steroid dienone is 2. The summed E-state index contributed by atoms with van der Waals surface area (Å²) in [6, 6.07) is 17.6. The van der Waals surface area contributed by atoms with Crippen LogP contribution in [0.3, 0.4) is 0 Å². The van der Waals surface area contributed by atoms with Crippen molar-refractivity contribution in [1.29, 1.82) is 0 Å². The van der Waals surface area contributed by atoms with Gasteiger partial charge in [0.05, 0.1) is 0 Å². The van der Waals surface area contributed by atoms with Crippen LogP contribution < -0.4 is 0 Å². The van der Waals surface area contributed by atoms with E-state index in [1.54, 1.807) is 0 Å². The highest BCUT2D eigenvalue weighted by Crippen LogP contribution is 2.20. The molecule has 25 heavy (non-hydrogen) atoms. The van der Waals surface area contributed by atoms with Gasteiger partial charge in [-0.1, -0.05) is 72.3 Å². The Balaban J connectivity index is 1.81. The van der Waals surface area contributed by atoms with Gasteiger partial charge in [-0.05, 0) is 36.4 Å². The number of carbonyl (C=O) groups is 1. The maximum absolute atomic E-state index is 12.8. The minimum Gasteiger partial charge on any atom is -0.298 e. The third kappa shape index (κ3) is 4.79. The van der Waals surface area contributed by atoms with Crippen molar-refractivity contribution in [2.45, 2.75) is 0 Å². The first kappa shape index (κ1) is 17.4. The van der Waals surface area contributed by atoms with Gasteiger partial charge in [-0.25, -0.2) is 0 Å². The molecule has 3 rings (SSSR count). The molecule has 2 aromatic carbocycles. The molecule has 0 bridgehead atoms. The van der Waals surface area contributed by atoms with Crippen LogP contribution in [0.4, 0.5) is 0 Å². The number of halogens is 1. The van der Waals surface area contributed by atoms with E-state index >= 15 is 0 Å². The van der Waals surface area contributed by atoms with Crippen molar-refractivity contribution < 1.29 is 4.79 Å². The zero-order valence-corrected chi connectivity index (χ0v) is 14.9. The summed E-state index contributed by atoms with van der Waals surface area (Å²) in [4.78, 5) is 14.9. The van der Waals surface area contributed by atoms with Crippen molar-refractivity contribution in [2.24, 2.45) is 0 Å². The summed E-state index contributed by atoms with van der Waals surface area (Å²) in [5, 5.41) is 0.695. The van der Waals surface area contributed by atoms with Gasteiger partial charge in [0.2, 0.25) is 0 Å². The van der Waals surface area contributed by atoms with Crippen molar-refractivity contribution in [2.75, 3.05) is 20.1 Å². The lowest BCUT2D eigenvalue weighted by atomic mass is 9.96. The average molecular weight is 350 g/mol. The number of likely N-dealkylation sites (N-methyl/N-ethyl adjacent to an activating group) is 1. The van der Waals surface area contributed by atoms with Crippen LogP contribution in [0, 0.1) is 0 Å². The Hall–Kier alpha value is -2.42. The number of benzene rings is 2. The minimum absolute atomic E-state index is 0.116. The number of piperidine rings is 1. The van der Waals surface area contributed by atoms with E-state index in [9.17, 15) is 4.79 Å². The van der Waals surface area contributed by atoms with Crippen LogP contribution in [-0.4, -0.2) is 30.8 Å². The van der Waals surface area contributed by atoms with E-state index in [1.165, 1.54) is 0 Å². The maximum Gasteiger partial charge on any atom is 0.187 e. The molecule has 0 amide bonds. The lowest BCUT2D eigenvalue weighted by molar-refractivity contribution is -0.113. The Labute approximate surface area is 153 Å². The fourth-order valence-electron chi connectivity index (χ4n) is 2.83. The first-order chi connectivity index (χ1) is 12.1. The Kier molecular flexibility index (Phi) is 5.64. The van der Waals surface area contributed by atoms with Gasteiger partial charge in [0.15, 0.2) is 5.78 Å². The van der Waals surface area contributed by atoms with Gasteiger partial charge in [0.1, 0.15) is 0 Å². The van der Waals surface area contributed by atoms with Gasteiger partial charge in [-0.15, -0.1) is 0 Å². The fraction of sp³-hybridized carbons (Fsp3) is 0.136. The molecular formula is C22H20ClNO. The van der Waals surface area contributed by atoms with Crippen LogP contribution in [0.1, 0.15) is 11.1 Å². The fourth-order valence-corrected chi connectivity index (χ4v) is 2.95. The molecule has 0 radical (unpaired) electrons. The highest BCUT2D eigenvalue weighted by molar-refractivity contribution is 6.30. The first-order valence-electron chi connectivity index (χ1n) is 8.23. The second kappa shape index (κ2) is 8.11. The zero-order valence-electron chi connectivity index (χ0n) is 14.2. The highest BCUT2D eigenvalue weighted by atomic mass is 35.5. The molecule has 0 spiro atoms. The van der Waals surface area contributed by atoms with Crippen LogP contribution in [0.5, 0.6) is 0 Å². The summed E-state index contributed by atoms with van der Waals surface area (Å²) in [6.07, 6.45) is 7.82. The van der Waals surface area contributed by atoms with Crippen molar-refractivity contribution in [1.82, 2.24) is 4.90 Å². The summed E-state index contributed by atoms with van der Waals surface area (Å²) in [6.45, 7) is 1.32. The molecular weight excluding hydrogens is 330 g/mol. The smallest absolute Gasteiger partial charge is 0.187 e. The largest absolute Gasteiger partial charge is 0.298 e. The molecule has 1 saturated heterocycles. The summed E-state index contributed by atoms with van der Waals surface area (Å²) >= 11 is 5.92. The number of likely N-dealkylation sites (tertiary alicyclic amines) is 1. The van der Waals surface area contributed by atoms with Gasteiger partial charge in [-0.2, -0.15) is 0 Å². The van der Waals surface area contributed by atoms with Gasteiger partial charge >= 0.3 is 0 Å². The summed E-state index contributed by atoms with van der Waals surface area (Å²) in [5.41, 5.74) is 3.71. The molecule has 0 saturated carbocycles. The van der Waals surface area contributed by atoms with Crippen molar-refractivity contribution in [3.63, 3.8) is 0 Å². The number of ketones is 1. The van der Waals surface area contributed by atoms with Crippen LogP contribution in [0.25, 0.3) is 12.2 Å². The van der Waals surface area contributed by atoms with E-state index in [0.717, 1.165) is 22.3 Å². The summed E-state index contributed by atoms with van der Waals surface area (Å²) in [5.74, 6) is 0.116. The minimum atomic E-state index is 0.116. The highest BCUT2D eigenvalue weighted by Gasteiger charge is 2.23. The SMILES string of the molecule is CN1C/C(=C\C=C\c2ccccc2)C(=O)/C(=C/c2ccc(Cl)cc2)C1. The molecule has 1 heterocycles. The van der Waals surface area contributed by atoms with Crippen LogP contribution in [0.15, 0.2) is 77.9 Å². The third-order valence-electron chi connectivity index (χ3n) is 4.06. The zero-order chi connectivity index (χ0) is 17.6. The molecule has 3 heteroatoms. The van der Waals surface area contributed by atoms with E-state index < -0.39 is 0 Å². The van der Waals surface area contributed by atoms with E-state index in [2.05, 4.69) is 4.90 Å². The molecule has 0 aliphatic carbocycles. The van der Waals surface area contributed by atoms with Gasteiger partial charge in [0, 0.05) is 29.3 Å². The molecule has 0 unspecified atom stereocenters. The topological polar surface area (TPSA) is 20.3 Å². The Morgan fingerprint density at radius 2 is 1.60 bits per heavy atom. The van der Waals surface area contributed by atoms with Gasteiger partial charge < -0.3 is 0 Å². The number of nitrogens with zero attached hydrogens (tertiary/aromatic N) is 1. The van der Waals surface area contributed by atoms with Gasteiger partial charge in [-0.3, -0.25) is 9.69 Å². The standard InChI is InChI=1S/C22H20ClNO/c1-24-15-19(9-5-8-17-6-3-2-4-7-17)22(25)20(16-24)14-18-10-12-21(23)13-11-18/h2-14H,15-16H2,1H3/b8-5+,19-9+,20-14+. The molecule has 0 atom stereocenters. The molecule has 2 nitrogen and oxygen atoms in total. The molecule has 1 aliphatic heterocycles. The average Bonchev–Trinajstić information content (AvgIpc) is 2.61. The first-order valence-corrected chi connectivity index (χ1v) is 8.61. The van der Waals surface area contributed by atoms with E-state index in [-0.39, 0.29) is 5.78 Å². The number of Topliss-reactive ketones (excluding diaryl/α,β-unsaturated/α-hetero) is 1. The predicted molar refractivity (Wildman–Crippen MR) is 105 cm³/mol. The van der Waals surface area contributed by atoms with Crippen LogP contribution >= 0.6 is 11.6 Å². The summed E-state index contributed by atoms with van der Waals surface area (Å²) < 4.78 is 0. The lowest BCUT2D eigenvalue weighted by Crippen LogP contribution is -2.34. The number of rotatable bonds is 3. The summed E-state index contributed by atoms with van der Waals surface area (Å²) in [7, 11) is 2.02. The second-order valence-electron chi connectivity index (χ2n) is 6.18. The maximum atomic E-state index is 12.8. The Bertz CT molecular complexity index is 832. The number of hydrogen-bond donors (Lipinski definition) is 0. The predicted octanol–water partition coefficient (Wildman–Crippen LogP) is 4.88. The molecule has 126 valence electrons. The quantitative estimate of drug-likeness (QED) is 0.736. The third-order valence-corrected chi connectivity index (χ3v) is 4.31. The monoisotopic (exact) mass is 349 g/mol. The molecule has 1 fully saturated rings. The van der Waals surface area contributed by atoms with Crippen molar-refractivity contribution in [3.05, 3.63) is 94.0 Å². The second-order valence-corrected chi connectivity index (χ2v) is 6.62. The van der Waals surface area contributed by atoms with Gasteiger partial charge in [0.25, 0.3) is 0 Å². The lowest BCUT2D eigenvalue weighted by Gasteiger charge is -2.25. The Morgan fingerprint density at radius 3 is 2.32 bits per heavy atom. The number of hydrogen-bond acceptors (Lipinski definition) is 2.